The normalized spacial score (nSPS) is 37.1. The summed E-state index contributed by atoms with van der Waals surface area (Å²) >= 11 is 0. The lowest BCUT2D eigenvalue weighted by atomic mass is 10.00. The van der Waals surface area contributed by atoms with Crippen molar-refractivity contribution in [2.24, 2.45) is 0 Å². The maximum atomic E-state index is 5.67. The minimum absolute atomic E-state index is 0.00164. The number of hydrogen-bond acceptors (Lipinski definition) is 2. The third-order valence-electron chi connectivity index (χ3n) is 1.95. The largest absolute Gasteiger partial charge is 0.350 e. The minimum atomic E-state index is -0.00164. The van der Waals surface area contributed by atoms with E-state index in [-0.39, 0.29) is 11.9 Å². The number of hydrogen-bond donors (Lipinski definition) is 0. The first-order valence-electron chi connectivity index (χ1n) is 4.37. The van der Waals surface area contributed by atoms with E-state index in [1.165, 1.54) is 0 Å². The Labute approximate surface area is 68.9 Å². The van der Waals surface area contributed by atoms with Crippen LogP contribution < -0.4 is 0 Å². The summed E-state index contributed by atoms with van der Waals surface area (Å²) in [4.78, 5) is 0. The van der Waals surface area contributed by atoms with Crippen molar-refractivity contribution in [3.63, 3.8) is 0 Å². The van der Waals surface area contributed by atoms with Crippen molar-refractivity contribution < 1.29 is 9.47 Å². The molecule has 2 unspecified atom stereocenters. The molecule has 1 rings (SSSR count). The van der Waals surface area contributed by atoms with Gasteiger partial charge in [-0.1, -0.05) is 6.92 Å². The second-order valence-corrected chi connectivity index (χ2v) is 3.87. The fourth-order valence-corrected chi connectivity index (χ4v) is 1.61. The number of ether oxygens (including phenoxy) is 2. The van der Waals surface area contributed by atoms with E-state index in [2.05, 4.69) is 27.7 Å². The second kappa shape index (κ2) is 3.11. The van der Waals surface area contributed by atoms with E-state index in [0.717, 1.165) is 12.8 Å². The number of rotatable bonds is 1. The van der Waals surface area contributed by atoms with Gasteiger partial charge in [0.05, 0.1) is 11.7 Å². The molecular weight excluding hydrogens is 140 g/mol. The molecule has 0 radical (unpaired) electrons. The van der Waals surface area contributed by atoms with Gasteiger partial charge in [0, 0.05) is 6.42 Å². The molecule has 0 amide bonds. The van der Waals surface area contributed by atoms with Crippen LogP contribution in [0.15, 0.2) is 0 Å². The van der Waals surface area contributed by atoms with Crippen molar-refractivity contribution in [3.05, 3.63) is 0 Å². The summed E-state index contributed by atoms with van der Waals surface area (Å²) in [5.41, 5.74) is -0.00164. The lowest BCUT2D eigenvalue weighted by molar-refractivity contribution is -0.268. The van der Waals surface area contributed by atoms with Crippen LogP contribution in [0.3, 0.4) is 0 Å². The van der Waals surface area contributed by atoms with E-state index in [1.54, 1.807) is 0 Å². The van der Waals surface area contributed by atoms with Gasteiger partial charge in [-0.05, 0) is 27.2 Å². The van der Waals surface area contributed by atoms with Crippen molar-refractivity contribution in [2.45, 2.75) is 58.5 Å². The Morgan fingerprint density at radius 3 is 2.55 bits per heavy atom. The molecule has 2 atom stereocenters. The van der Waals surface area contributed by atoms with Gasteiger partial charge >= 0.3 is 0 Å². The maximum absolute atomic E-state index is 5.67. The van der Waals surface area contributed by atoms with Crippen LogP contribution in [-0.2, 0) is 9.47 Å². The Hall–Kier alpha value is -0.0800. The van der Waals surface area contributed by atoms with E-state index in [1.807, 2.05) is 0 Å². The zero-order chi connectivity index (χ0) is 8.48. The molecule has 1 heterocycles. The summed E-state index contributed by atoms with van der Waals surface area (Å²) in [5, 5.41) is 0. The van der Waals surface area contributed by atoms with Crippen molar-refractivity contribution in [1.29, 1.82) is 0 Å². The molecule has 2 heteroatoms. The summed E-state index contributed by atoms with van der Waals surface area (Å²) < 4.78 is 11.2. The summed E-state index contributed by atoms with van der Waals surface area (Å²) in [7, 11) is 0. The third-order valence-corrected chi connectivity index (χ3v) is 1.95. The standard InChI is InChI=1S/C9H18O2/c1-5-8-10-7(2)6-9(3,4)11-8/h7-8H,5-6H2,1-4H3. The summed E-state index contributed by atoms with van der Waals surface area (Å²) in [6, 6.07) is 0. The van der Waals surface area contributed by atoms with Crippen molar-refractivity contribution >= 4 is 0 Å². The highest BCUT2D eigenvalue weighted by atomic mass is 16.7. The van der Waals surface area contributed by atoms with Crippen LogP contribution in [-0.4, -0.2) is 18.0 Å². The highest BCUT2D eigenvalue weighted by Gasteiger charge is 2.32. The average molecular weight is 158 g/mol. The topological polar surface area (TPSA) is 18.5 Å². The molecule has 0 aliphatic carbocycles. The van der Waals surface area contributed by atoms with E-state index in [4.69, 9.17) is 9.47 Å². The minimum Gasteiger partial charge on any atom is -0.350 e. The molecule has 1 saturated heterocycles. The van der Waals surface area contributed by atoms with Gasteiger partial charge in [0.2, 0.25) is 0 Å². The van der Waals surface area contributed by atoms with Crippen molar-refractivity contribution in [2.75, 3.05) is 0 Å². The van der Waals surface area contributed by atoms with Crippen molar-refractivity contribution in [3.8, 4) is 0 Å². The highest BCUT2D eigenvalue weighted by molar-refractivity contribution is 4.76. The monoisotopic (exact) mass is 158 g/mol. The van der Waals surface area contributed by atoms with Gasteiger partial charge < -0.3 is 9.47 Å². The molecule has 0 spiro atoms. The van der Waals surface area contributed by atoms with Crippen LogP contribution in [0, 0.1) is 0 Å². The molecule has 1 aliphatic rings. The Balaban J connectivity index is 2.51. The first-order valence-corrected chi connectivity index (χ1v) is 4.37. The van der Waals surface area contributed by atoms with E-state index in [9.17, 15) is 0 Å². The summed E-state index contributed by atoms with van der Waals surface area (Å²) in [5.74, 6) is 0. The van der Waals surface area contributed by atoms with Crippen LogP contribution in [0.5, 0.6) is 0 Å². The van der Waals surface area contributed by atoms with Gasteiger partial charge in [0.25, 0.3) is 0 Å². The third kappa shape index (κ3) is 2.46. The van der Waals surface area contributed by atoms with Gasteiger partial charge in [-0.15, -0.1) is 0 Å². The van der Waals surface area contributed by atoms with Gasteiger partial charge in [0.15, 0.2) is 6.29 Å². The van der Waals surface area contributed by atoms with Crippen molar-refractivity contribution in [1.82, 2.24) is 0 Å². The SMILES string of the molecule is CCC1OC(C)CC(C)(C)O1. The van der Waals surface area contributed by atoms with Crippen LogP contribution in [0.25, 0.3) is 0 Å². The molecule has 0 bridgehead atoms. The molecule has 0 N–H and O–H groups in total. The Morgan fingerprint density at radius 2 is 2.09 bits per heavy atom. The quantitative estimate of drug-likeness (QED) is 0.583. The smallest absolute Gasteiger partial charge is 0.158 e. The molecule has 2 nitrogen and oxygen atoms in total. The molecule has 66 valence electrons. The van der Waals surface area contributed by atoms with Gasteiger partial charge in [-0.25, -0.2) is 0 Å². The molecule has 1 aliphatic heterocycles. The van der Waals surface area contributed by atoms with Gasteiger partial charge in [0.1, 0.15) is 0 Å². The highest BCUT2D eigenvalue weighted by Crippen LogP contribution is 2.28. The molecule has 1 fully saturated rings. The average Bonchev–Trinajstić information content (AvgIpc) is 1.83. The lowest BCUT2D eigenvalue weighted by Gasteiger charge is -2.39. The first kappa shape index (κ1) is 9.01. The molecule has 0 saturated carbocycles. The lowest BCUT2D eigenvalue weighted by Crippen LogP contribution is -2.42. The van der Waals surface area contributed by atoms with Gasteiger partial charge in [-0.3, -0.25) is 0 Å². The fourth-order valence-electron chi connectivity index (χ4n) is 1.61. The maximum Gasteiger partial charge on any atom is 0.158 e. The van der Waals surface area contributed by atoms with E-state index < -0.39 is 0 Å². The molecular formula is C9H18O2. The zero-order valence-corrected chi connectivity index (χ0v) is 7.89. The van der Waals surface area contributed by atoms with Crippen LogP contribution in [0.2, 0.25) is 0 Å². The Kier molecular flexibility index (Phi) is 2.55. The molecule has 0 aromatic carbocycles. The van der Waals surface area contributed by atoms with E-state index >= 15 is 0 Å². The second-order valence-electron chi connectivity index (χ2n) is 3.87. The van der Waals surface area contributed by atoms with Crippen LogP contribution in [0.1, 0.15) is 40.5 Å². The van der Waals surface area contributed by atoms with Crippen LogP contribution in [0.4, 0.5) is 0 Å². The summed E-state index contributed by atoms with van der Waals surface area (Å²) in [6.45, 7) is 8.43. The zero-order valence-electron chi connectivity index (χ0n) is 7.89. The fraction of sp³-hybridized carbons (Fsp3) is 1.00. The summed E-state index contributed by atoms with van der Waals surface area (Å²) in [6.07, 6.45) is 2.27. The van der Waals surface area contributed by atoms with Gasteiger partial charge in [-0.2, -0.15) is 0 Å². The first-order chi connectivity index (χ1) is 5.03. The molecule has 11 heavy (non-hydrogen) atoms. The van der Waals surface area contributed by atoms with E-state index in [0.29, 0.717) is 6.10 Å². The van der Waals surface area contributed by atoms with Crippen LogP contribution >= 0.6 is 0 Å². The Bertz CT molecular complexity index is 132. The molecule has 0 aromatic rings. The Morgan fingerprint density at radius 1 is 1.45 bits per heavy atom. The predicted octanol–water partition coefficient (Wildman–Crippen LogP) is 2.33. The predicted molar refractivity (Wildman–Crippen MR) is 44.4 cm³/mol. The molecule has 0 aromatic heterocycles.